The number of rotatable bonds is 6. The number of nitrogens with zero attached hydrogens (tertiary/aromatic N) is 2. The molecule has 1 atom stereocenters. The minimum atomic E-state index is -0.392. The van der Waals surface area contributed by atoms with Gasteiger partial charge < -0.3 is 20.5 Å². The lowest BCUT2D eigenvalue weighted by Gasteiger charge is -2.15. The van der Waals surface area contributed by atoms with Gasteiger partial charge in [0.1, 0.15) is 18.5 Å². The van der Waals surface area contributed by atoms with Crippen molar-refractivity contribution >= 4 is 23.2 Å². The van der Waals surface area contributed by atoms with Crippen LogP contribution in [0.25, 0.3) is 11.3 Å². The molecule has 1 amide bonds. The molecule has 1 aliphatic rings. The first-order chi connectivity index (χ1) is 12.1. The molecule has 3 N–H and O–H groups in total. The molecule has 2 aromatic rings. The van der Waals surface area contributed by atoms with E-state index in [1.807, 2.05) is 6.07 Å². The quantitative estimate of drug-likeness (QED) is 0.819. The summed E-state index contributed by atoms with van der Waals surface area (Å²) < 4.78 is 12.8. The number of hydrogen-bond acceptors (Lipinski definition) is 5. The number of nitrogens with one attached hydrogen (secondary N) is 1. The summed E-state index contributed by atoms with van der Waals surface area (Å²) in [7, 11) is 1.80. The Bertz CT molecular complexity index is 737. The van der Waals surface area contributed by atoms with Crippen molar-refractivity contribution in [2.24, 2.45) is 12.8 Å². The van der Waals surface area contributed by atoms with Gasteiger partial charge in [0.2, 0.25) is 0 Å². The summed E-state index contributed by atoms with van der Waals surface area (Å²) in [6.07, 6.45) is 2.82. The van der Waals surface area contributed by atoms with Gasteiger partial charge >= 0.3 is 0 Å². The van der Waals surface area contributed by atoms with Crippen LogP contribution >= 0.6 is 11.6 Å². The number of benzene rings is 1. The van der Waals surface area contributed by atoms with E-state index in [0.717, 1.165) is 18.4 Å². The number of carbonyl (C=O) groups excluding carboxylic acids is 1. The van der Waals surface area contributed by atoms with Gasteiger partial charge in [0.15, 0.2) is 0 Å². The third-order valence-electron chi connectivity index (χ3n) is 3.99. The van der Waals surface area contributed by atoms with Gasteiger partial charge in [-0.2, -0.15) is 5.10 Å². The summed E-state index contributed by atoms with van der Waals surface area (Å²) in [5.74, 6) is 0.487. The first-order valence-corrected chi connectivity index (χ1v) is 8.55. The Morgan fingerprint density at radius 3 is 3.04 bits per heavy atom. The van der Waals surface area contributed by atoms with Gasteiger partial charge in [-0.05, 0) is 31.0 Å². The molecule has 0 aliphatic carbocycles. The lowest BCUT2D eigenvalue weighted by Crippen LogP contribution is -2.26. The van der Waals surface area contributed by atoms with Crippen LogP contribution in [0.5, 0.6) is 5.75 Å². The van der Waals surface area contributed by atoms with Gasteiger partial charge in [0.25, 0.3) is 5.91 Å². The highest BCUT2D eigenvalue weighted by atomic mass is 35.5. The third kappa shape index (κ3) is 3.95. The SMILES string of the molecule is Cn1ncc(Cl)c1-c1cc(NC(=O)C2CCCO2)ccc1OCCN. The van der Waals surface area contributed by atoms with Gasteiger partial charge in [0.05, 0.1) is 16.9 Å². The lowest BCUT2D eigenvalue weighted by molar-refractivity contribution is -0.124. The molecule has 1 aromatic carbocycles. The average molecular weight is 365 g/mol. The zero-order chi connectivity index (χ0) is 17.8. The molecule has 0 bridgehead atoms. The van der Waals surface area contributed by atoms with Crippen LogP contribution in [-0.2, 0) is 16.6 Å². The van der Waals surface area contributed by atoms with Gasteiger partial charge in [-0.3, -0.25) is 9.48 Å². The second-order valence-corrected chi connectivity index (χ2v) is 6.21. The van der Waals surface area contributed by atoms with Gasteiger partial charge in [-0.25, -0.2) is 0 Å². The summed E-state index contributed by atoms with van der Waals surface area (Å²) >= 11 is 6.28. The summed E-state index contributed by atoms with van der Waals surface area (Å²) in [4.78, 5) is 12.3. The Morgan fingerprint density at radius 1 is 1.56 bits per heavy atom. The Kier molecular flexibility index (Phi) is 5.57. The Balaban J connectivity index is 1.91. The molecule has 1 unspecified atom stereocenters. The minimum absolute atomic E-state index is 0.143. The van der Waals surface area contributed by atoms with E-state index in [9.17, 15) is 4.79 Å². The highest BCUT2D eigenvalue weighted by Crippen LogP contribution is 2.36. The fraction of sp³-hybridized carbons (Fsp3) is 0.412. The number of hydrogen-bond donors (Lipinski definition) is 2. The van der Waals surface area contributed by atoms with Crippen LogP contribution in [0, 0.1) is 0 Å². The van der Waals surface area contributed by atoms with E-state index in [4.69, 9.17) is 26.8 Å². The summed E-state index contributed by atoms with van der Waals surface area (Å²) in [5, 5.41) is 7.56. The molecule has 0 spiro atoms. The molecule has 0 radical (unpaired) electrons. The van der Waals surface area contributed by atoms with E-state index in [1.165, 1.54) is 0 Å². The maximum absolute atomic E-state index is 12.3. The number of aromatic nitrogens is 2. The fourth-order valence-corrected chi connectivity index (χ4v) is 3.08. The molecule has 1 aromatic heterocycles. The van der Waals surface area contributed by atoms with Crippen molar-refractivity contribution in [2.75, 3.05) is 25.1 Å². The number of carbonyl (C=O) groups is 1. The summed E-state index contributed by atoms with van der Waals surface area (Å²) in [6, 6.07) is 5.40. The summed E-state index contributed by atoms with van der Waals surface area (Å²) in [6.45, 7) is 1.40. The van der Waals surface area contributed by atoms with Crippen LogP contribution < -0.4 is 15.8 Å². The van der Waals surface area contributed by atoms with E-state index < -0.39 is 6.10 Å². The molecule has 25 heavy (non-hydrogen) atoms. The molecule has 3 rings (SSSR count). The highest BCUT2D eigenvalue weighted by molar-refractivity contribution is 6.33. The second kappa shape index (κ2) is 7.86. The molecule has 7 nitrogen and oxygen atoms in total. The zero-order valence-electron chi connectivity index (χ0n) is 14.0. The van der Waals surface area contributed by atoms with Crippen molar-refractivity contribution in [3.8, 4) is 17.0 Å². The molecular weight excluding hydrogens is 344 g/mol. The Morgan fingerprint density at radius 2 is 2.40 bits per heavy atom. The van der Waals surface area contributed by atoms with Gasteiger partial charge in [-0.15, -0.1) is 0 Å². The average Bonchev–Trinajstić information content (AvgIpc) is 3.24. The standard InChI is InChI=1S/C17H21ClN4O3/c1-22-16(13(18)10-20-22)12-9-11(4-5-14(12)25-8-6-19)21-17(23)15-3-2-7-24-15/h4-5,9-10,15H,2-3,6-8,19H2,1H3,(H,21,23). The predicted octanol–water partition coefficient (Wildman–Crippen LogP) is 2.20. The lowest BCUT2D eigenvalue weighted by atomic mass is 10.1. The van der Waals surface area contributed by atoms with Crippen molar-refractivity contribution in [1.29, 1.82) is 0 Å². The largest absolute Gasteiger partial charge is 0.492 e. The third-order valence-corrected chi connectivity index (χ3v) is 4.27. The highest BCUT2D eigenvalue weighted by Gasteiger charge is 2.24. The number of halogens is 1. The molecule has 1 saturated heterocycles. The number of nitrogens with two attached hydrogens (primary N) is 1. The van der Waals surface area contributed by atoms with Crippen LogP contribution in [0.2, 0.25) is 5.02 Å². The maximum atomic E-state index is 12.3. The molecule has 0 saturated carbocycles. The topological polar surface area (TPSA) is 91.4 Å². The van der Waals surface area contributed by atoms with Crippen LogP contribution in [0.4, 0.5) is 5.69 Å². The molecular formula is C17H21ClN4O3. The summed E-state index contributed by atoms with van der Waals surface area (Å²) in [5.41, 5.74) is 7.63. The number of anilines is 1. The monoisotopic (exact) mass is 364 g/mol. The van der Waals surface area contributed by atoms with Crippen molar-refractivity contribution < 1.29 is 14.3 Å². The van der Waals surface area contributed by atoms with E-state index in [1.54, 1.807) is 30.1 Å². The van der Waals surface area contributed by atoms with Crippen LogP contribution in [0.1, 0.15) is 12.8 Å². The molecule has 1 aliphatic heterocycles. The van der Waals surface area contributed by atoms with E-state index >= 15 is 0 Å². The van der Waals surface area contributed by atoms with Gasteiger partial charge in [-0.1, -0.05) is 11.6 Å². The molecule has 134 valence electrons. The maximum Gasteiger partial charge on any atom is 0.253 e. The predicted molar refractivity (Wildman–Crippen MR) is 95.8 cm³/mol. The fourth-order valence-electron chi connectivity index (χ4n) is 2.81. The Labute approximate surface area is 151 Å². The normalized spacial score (nSPS) is 16.8. The molecule has 2 heterocycles. The molecule has 1 fully saturated rings. The van der Waals surface area contributed by atoms with E-state index in [0.29, 0.717) is 41.9 Å². The first kappa shape index (κ1) is 17.7. The van der Waals surface area contributed by atoms with Crippen molar-refractivity contribution in [3.05, 3.63) is 29.4 Å². The van der Waals surface area contributed by atoms with E-state index in [-0.39, 0.29) is 5.91 Å². The number of amides is 1. The molecule has 8 heteroatoms. The van der Waals surface area contributed by atoms with Crippen molar-refractivity contribution in [2.45, 2.75) is 18.9 Å². The van der Waals surface area contributed by atoms with Gasteiger partial charge in [0, 0.05) is 31.5 Å². The van der Waals surface area contributed by atoms with Crippen LogP contribution in [-0.4, -0.2) is 41.6 Å². The number of ether oxygens (including phenoxy) is 2. The number of aryl methyl sites for hydroxylation is 1. The Hall–Kier alpha value is -2.09. The van der Waals surface area contributed by atoms with Crippen LogP contribution in [0.3, 0.4) is 0 Å². The minimum Gasteiger partial charge on any atom is -0.492 e. The second-order valence-electron chi connectivity index (χ2n) is 5.80. The van der Waals surface area contributed by atoms with Crippen molar-refractivity contribution in [1.82, 2.24) is 9.78 Å². The van der Waals surface area contributed by atoms with E-state index in [2.05, 4.69) is 10.4 Å². The zero-order valence-corrected chi connectivity index (χ0v) is 14.8. The first-order valence-electron chi connectivity index (χ1n) is 8.17. The smallest absolute Gasteiger partial charge is 0.253 e. The van der Waals surface area contributed by atoms with Crippen molar-refractivity contribution in [3.63, 3.8) is 0 Å². The van der Waals surface area contributed by atoms with Crippen LogP contribution in [0.15, 0.2) is 24.4 Å².